The van der Waals surface area contributed by atoms with Gasteiger partial charge >= 0.3 is 0 Å². The average molecular weight is 328 g/mol. The summed E-state index contributed by atoms with van der Waals surface area (Å²) in [6.07, 6.45) is 5.88. The molecule has 0 amide bonds. The summed E-state index contributed by atoms with van der Waals surface area (Å²) in [5.74, 6) is 0.782. The van der Waals surface area contributed by atoms with Crippen LogP contribution >= 0.6 is 0 Å². The fourth-order valence-corrected chi connectivity index (χ4v) is 2.37. The van der Waals surface area contributed by atoms with Gasteiger partial charge in [0.2, 0.25) is 5.75 Å². The molecule has 0 aliphatic rings. The minimum atomic E-state index is 0.00862. The summed E-state index contributed by atoms with van der Waals surface area (Å²) in [4.78, 5) is 0. The van der Waals surface area contributed by atoms with Gasteiger partial charge in [-0.2, -0.15) is 0 Å². The maximum atomic E-state index is 9.88. The summed E-state index contributed by atoms with van der Waals surface area (Å²) >= 11 is 0. The van der Waals surface area contributed by atoms with Gasteiger partial charge in [0, 0.05) is 6.61 Å². The molecule has 4 heteroatoms. The number of benzene rings is 2. The summed E-state index contributed by atoms with van der Waals surface area (Å²) in [7, 11) is 3.02. The average Bonchev–Trinajstić information content (AvgIpc) is 2.62. The van der Waals surface area contributed by atoms with Crippen molar-refractivity contribution in [3.63, 3.8) is 0 Å². The van der Waals surface area contributed by atoms with Gasteiger partial charge in [0.1, 0.15) is 0 Å². The van der Waals surface area contributed by atoms with Crippen LogP contribution in [0.15, 0.2) is 48.5 Å². The molecule has 0 saturated carbocycles. The largest absolute Gasteiger partial charge is 0.502 e. The molecule has 0 unspecified atom stereocenters. The second kappa shape index (κ2) is 9.63. The first-order valence-corrected chi connectivity index (χ1v) is 7.97. The standard InChI is InChI=1S/C20H24O4/c1-22-18-14-17(15-19(23-2)20(18)21)11-7-13-24-12-6-10-16-8-4-3-5-9-16/h3-5,7-9,11,14-15,21H,6,10,12-13H2,1-2H3/b11-7+. The summed E-state index contributed by atoms with van der Waals surface area (Å²) in [5.41, 5.74) is 2.22. The Hall–Kier alpha value is -2.46. The minimum Gasteiger partial charge on any atom is -0.502 e. The number of ether oxygens (including phenoxy) is 3. The van der Waals surface area contributed by atoms with Crippen LogP contribution in [0.4, 0.5) is 0 Å². The van der Waals surface area contributed by atoms with Crippen molar-refractivity contribution < 1.29 is 19.3 Å². The molecule has 0 saturated heterocycles. The molecule has 128 valence electrons. The highest BCUT2D eigenvalue weighted by atomic mass is 16.5. The molecule has 0 bridgehead atoms. The van der Waals surface area contributed by atoms with E-state index in [0.29, 0.717) is 18.1 Å². The number of hydrogen-bond donors (Lipinski definition) is 1. The molecule has 0 aliphatic carbocycles. The molecule has 24 heavy (non-hydrogen) atoms. The maximum Gasteiger partial charge on any atom is 0.200 e. The Bertz CT molecular complexity index is 625. The van der Waals surface area contributed by atoms with Gasteiger partial charge in [-0.15, -0.1) is 0 Å². The van der Waals surface area contributed by atoms with Gasteiger partial charge in [-0.05, 0) is 36.1 Å². The third-order valence-electron chi connectivity index (χ3n) is 3.62. The van der Waals surface area contributed by atoms with Gasteiger partial charge in [0.15, 0.2) is 11.5 Å². The van der Waals surface area contributed by atoms with Crippen molar-refractivity contribution in [2.45, 2.75) is 12.8 Å². The van der Waals surface area contributed by atoms with Crippen LogP contribution in [0.25, 0.3) is 6.08 Å². The molecule has 2 aromatic rings. The van der Waals surface area contributed by atoms with Crippen LogP contribution in [0.2, 0.25) is 0 Å². The first kappa shape index (κ1) is 17.9. The normalized spacial score (nSPS) is 10.9. The van der Waals surface area contributed by atoms with Crippen LogP contribution in [-0.2, 0) is 11.2 Å². The molecule has 4 nitrogen and oxygen atoms in total. The minimum absolute atomic E-state index is 0.00862. The molecule has 0 spiro atoms. The number of aryl methyl sites for hydroxylation is 1. The van der Waals surface area contributed by atoms with Gasteiger partial charge < -0.3 is 19.3 Å². The van der Waals surface area contributed by atoms with Crippen LogP contribution in [0.3, 0.4) is 0 Å². The zero-order valence-corrected chi connectivity index (χ0v) is 14.2. The number of rotatable bonds is 9. The monoisotopic (exact) mass is 328 g/mol. The van der Waals surface area contributed by atoms with E-state index in [2.05, 4.69) is 24.3 Å². The fourth-order valence-electron chi connectivity index (χ4n) is 2.37. The van der Waals surface area contributed by atoms with Crippen molar-refractivity contribution in [2.75, 3.05) is 27.4 Å². The van der Waals surface area contributed by atoms with Gasteiger partial charge in [0.25, 0.3) is 0 Å². The van der Waals surface area contributed by atoms with Crippen molar-refractivity contribution in [1.82, 2.24) is 0 Å². The van der Waals surface area contributed by atoms with E-state index in [4.69, 9.17) is 14.2 Å². The number of phenolic OH excluding ortho intramolecular Hbond substituents is 1. The third-order valence-corrected chi connectivity index (χ3v) is 3.62. The van der Waals surface area contributed by atoms with Crippen LogP contribution in [0.1, 0.15) is 17.5 Å². The predicted octanol–water partition coefficient (Wildman–Crippen LogP) is 4.07. The van der Waals surface area contributed by atoms with Crippen LogP contribution in [0.5, 0.6) is 17.2 Å². The number of phenols is 1. The van der Waals surface area contributed by atoms with Crippen molar-refractivity contribution in [1.29, 1.82) is 0 Å². The zero-order chi connectivity index (χ0) is 17.2. The summed E-state index contributed by atoms with van der Waals surface area (Å²) in [5, 5.41) is 9.88. The molecule has 0 heterocycles. The van der Waals surface area contributed by atoms with Crippen molar-refractivity contribution in [3.8, 4) is 17.2 Å². The van der Waals surface area contributed by atoms with Gasteiger partial charge in [-0.25, -0.2) is 0 Å². The Morgan fingerprint density at radius 2 is 1.67 bits per heavy atom. The Balaban J connectivity index is 1.76. The lowest BCUT2D eigenvalue weighted by Gasteiger charge is -2.09. The Morgan fingerprint density at radius 1 is 1.00 bits per heavy atom. The van der Waals surface area contributed by atoms with E-state index in [1.54, 1.807) is 12.1 Å². The number of aromatic hydroxyl groups is 1. The number of methoxy groups -OCH3 is 2. The van der Waals surface area contributed by atoms with Crippen molar-refractivity contribution in [3.05, 3.63) is 59.7 Å². The molecule has 2 rings (SSSR count). The third kappa shape index (κ3) is 5.32. The highest BCUT2D eigenvalue weighted by molar-refractivity contribution is 5.61. The van der Waals surface area contributed by atoms with Crippen molar-refractivity contribution >= 4 is 6.08 Å². The van der Waals surface area contributed by atoms with Crippen LogP contribution < -0.4 is 9.47 Å². The molecular formula is C20H24O4. The quantitative estimate of drug-likeness (QED) is 0.705. The lowest BCUT2D eigenvalue weighted by Crippen LogP contribution is -1.96. The SMILES string of the molecule is COc1cc(/C=C/COCCCc2ccccc2)cc(OC)c1O. The maximum absolute atomic E-state index is 9.88. The fraction of sp³-hybridized carbons (Fsp3) is 0.300. The van der Waals surface area contributed by atoms with E-state index >= 15 is 0 Å². The van der Waals surface area contributed by atoms with E-state index in [0.717, 1.165) is 25.0 Å². The molecule has 2 aromatic carbocycles. The molecular weight excluding hydrogens is 304 g/mol. The zero-order valence-electron chi connectivity index (χ0n) is 14.2. The second-order valence-electron chi connectivity index (χ2n) is 5.34. The smallest absolute Gasteiger partial charge is 0.200 e. The van der Waals surface area contributed by atoms with E-state index in [1.807, 2.05) is 18.2 Å². The van der Waals surface area contributed by atoms with E-state index in [-0.39, 0.29) is 5.75 Å². The highest BCUT2D eigenvalue weighted by Gasteiger charge is 2.09. The molecule has 1 N–H and O–H groups in total. The first-order valence-electron chi connectivity index (χ1n) is 7.97. The van der Waals surface area contributed by atoms with Gasteiger partial charge in [0.05, 0.1) is 20.8 Å². The Morgan fingerprint density at radius 3 is 2.29 bits per heavy atom. The number of hydrogen-bond acceptors (Lipinski definition) is 4. The topological polar surface area (TPSA) is 47.9 Å². The summed E-state index contributed by atoms with van der Waals surface area (Å²) < 4.78 is 15.9. The lowest BCUT2D eigenvalue weighted by molar-refractivity contribution is 0.160. The van der Waals surface area contributed by atoms with Crippen LogP contribution in [0, 0.1) is 0 Å². The highest BCUT2D eigenvalue weighted by Crippen LogP contribution is 2.37. The van der Waals surface area contributed by atoms with Gasteiger partial charge in [-0.1, -0.05) is 42.5 Å². The second-order valence-corrected chi connectivity index (χ2v) is 5.34. The van der Waals surface area contributed by atoms with Gasteiger partial charge in [-0.3, -0.25) is 0 Å². The summed E-state index contributed by atoms with van der Waals surface area (Å²) in [6.45, 7) is 1.27. The first-order chi connectivity index (χ1) is 11.7. The van der Waals surface area contributed by atoms with Crippen LogP contribution in [-0.4, -0.2) is 32.5 Å². The molecule has 0 atom stereocenters. The van der Waals surface area contributed by atoms with Crippen molar-refractivity contribution in [2.24, 2.45) is 0 Å². The molecule has 0 aromatic heterocycles. The van der Waals surface area contributed by atoms with E-state index in [9.17, 15) is 5.11 Å². The van der Waals surface area contributed by atoms with E-state index in [1.165, 1.54) is 19.8 Å². The molecule has 0 aliphatic heterocycles. The lowest BCUT2D eigenvalue weighted by atomic mass is 10.1. The predicted molar refractivity (Wildman–Crippen MR) is 95.8 cm³/mol. The summed E-state index contributed by atoms with van der Waals surface area (Å²) in [6, 6.07) is 13.9. The van der Waals surface area contributed by atoms with E-state index < -0.39 is 0 Å². The Kier molecular flexibility index (Phi) is 7.18. The Labute approximate surface area is 143 Å². The molecule has 0 fully saturated rings. The molecule has 0 radical (unpaired) electrons.